The van der Waals surface area contributed by atoms with E-state index in [-0.39, 0.29) is 28.5 Å². The standard InChI is InChI=1S/C25H25Cl2N3O3S2/c26-19-12-18(13-20(27)14-19)17-2-1-9-29(15-17)23-7-10-30(25(23)31)21-3-5-22(6-4-21)35(32,33)16-24-28-8-11-34-24/h3-6,8,11-14,17,23H,1-2,7,9-10,15-16H2/t17-,23-/m0/s1. The van der Waals surface area contributed by atoms with Crippen molar-refractivity contribution in [3.8, 4) is 0 Å². The zero-order valence-electron chi connectivity index (χ0n) is 18.9. The summed E-state index contributed by atoms with van der Waals surface area (Å²) in [6.07, 6.45) is 4.38. The number of piperidine rings is 1. The van der Waals surface area contributed by atoms with E-state index in [1.165, 1.54) is 11.3 Å². The third-order valence-electron chi connectivity index (χ3n) is 6.73. The topological polar surface area (TPSA) is 70.6 Å². The van der Waals surface area contributed by atoms with Crippen LogP contribution < -0.4 is 4.90 Å². The van der Waals surface area contributed by atoms with Crippen molar-refractivity contribution < 1.29 is 13.2 Å². The molecule has 3 heterocycles. The molecule has 1 aromatic heterocycles. The SMILES string of the molecule is O=C1[C@@H](N2CCC[C@H](c3cc(Cl)cc(Cl)c3)C2)CCN1c1ccc(S(=O)(=O)Cc2nccs2)cc1. The number of rotatable bonds is 6. The zero-order chi connectivity index (χ0) is 24.6. The molecule has 6 nitrogen and oxygen atoms in total. The third kappa shape index (κ3) is 5.42. The molecule has 0 radical (unpaired) electrons. The molecule has 1 amide bonds. The molecular formula is C25H25Cl2N3O3S2. The highest BCUT2D eigenvalue weighted by atomic mass is 35.5. The van der Waals surface area contributed by atoms with Crippen molar-refractivity contribution in [3.63, 3.8) is 0 Å². The quantitative estimate of drug-likeness (QED) is 0.411. The van der Waals surface area contributed by atoms with E-state index in [1.54, 1.807) is 46.8 Å². The fourth-order valence-corrected chi connectivity index (χ4v) is 7.83. The van der Waals surface area contributed by atoms with Crippen molar-refractivity contribution in [1.82, 2.24) is 9.88 Å². The molecule has 0 unspecified atom stereocenters. The Morgan fingerprint density at radius 3 is 2.46 bits per heavy atom. The van der Waals surface area contributed by atoms with Crippen molar-refractivity contribution in [1.29, 1.82) is 0 Å². The summed E-state index contributed by atoms with van der Waals surface area (Å²) < 4.78 is 25.4. The maximum atomic E-state index is 13.4. The minimum atomic E-state index is -3.49. The number of amides is 1. The van der Waals surface area contributed by atoms with E-state index in [1.807, 2.05) is 12.1 Å². The molecule has 35 heavy (non-hydrogen) atoms. The van der Waals surface area contributed by atoms with E-state index < -0.39 is 9.84 Å². The van der Waals surface area contributed by atoms with Crippen LogP contribution in [-0.2, 0) is 20.4 Å². The molecule has 2 fully saturated rings. The number of thiazole rings is 1. The van der Waals surface area contributed by atoms with Crippen LogP contribution in [0.2, 0.25) is 10.0 Å². The van der Waals surface area contributed by atoms with Crippen LogP contribution in [0, 0.1) is 0 Å². The van der Waals surface area contributed by atoms with Crippen LogP contribution in [0.4, 0.5) is 5.69 Å². The minimum absolute atomic E-state index is 0.0631. The summed E-state index contributed by atoms with van der Waals surface area (Å²) in [6.45, 7) is 2.27. The smallest absolute Gasteiger partial charge is 0.244 e. The summed E-state index contributed by atoms with van der Waals surface area (Å²) in [7, 11) is -3.49. The van der Waals surface area contributed by atoms with Crippen molar-refractivity contribution >= 4 is 56.0 Å². The van der Waals surface area contributed by atoms with Gasteiger partial charge in [0.25, 0.3) is 0 Å². The van der Waals surface area contributed by atoms with E-state index >= 15 is 0 Å². The van der Waals surface area contributed by atoms with Gasteiger partial charge in [-0.05, 0) is 79.8 Å². The van der Waals surface area contributed by atoms with Crippen molar-refractivity contribution in [2.24, 2.45) is 0 Å². The normalized spacial score (nSPS) is 21.5. The van der Waals surface area contributed by atoms with Crippen LogP contribution in [-0.4, -0.2) is 49.9 Å². The molecule has 5 rings (SSSR count). The minimum Gasteiger partial charge on any atom is -0.311 e. The summed E-state index contributed by atoms with van der Waals surface area (Å²) in [6, 6.07) is 12.1. The fourth-order valence-electron chi connectivity index (χ4n) is 5.04. The van der Waals surface area contributed by atoms with Gasteiger partial charge in [0, 0.05) is 40.4 Å². The number of anilines is 1. The first-order chi connectivity index (χ1) is 16.8. The van der Waals surface area contributed by atoms with Crippen LogP contribution in [0.15, 0.2) is 58.9 Å². The van der Waals surface area contributed by atoms with Gasteiger partial charge in [-0.25, -0.2) is 13.4 Å². The molecular weight excluding hydrogens is 525 g/mol. The molecule has 10 heteroatoms. The lowest BCUT2D eigenvalue weighted by atomic mass is 9.89. The molecule has 0 bridgehead atoms. The third-order valence-corrected chi connectivity index (χ3v) is 9.77. The van der Waals surface area contributed by atoms with Crippen LogP contribution >= 0.6 is 34.5 Å². The van der Waals surface area contributed by atoms with Gasteiger partial charge >= 0.3 is 0 Å². The second kappa shape index (κ2) is 10.2. The van der Waals surface area contributed by atoms with E-state index in [2.05, 4.69) is 9.88 Å². The van der Waals surface area contributed by atoms with Crippen LogP contribution in [0.1, 0.15) is 35.8 Å². The molecule has 2 aliphatic heterocycles. The molecule has 0 aliphatic carbocycles. The lowest BCUT2D eigenvalue weighted by molar-refractivity contribution is -0.122. The maximum Gasteiger partial charge on any atom is 0.244 e. The van der Waals surface area contributed by atoms with Gasteiger partial charge in [0.1, 0.15) is 10.8 Å². The maximum absolute atomic E-state index is 13.4. The van der Waals surface area contributed by atoms with Crippen molar-refractivity contribution in [2.45, 2.75) is 41.9 Å². The first-order valence-electron chi connectivity index (χ1n) is 11.5. The highest BCUT2D eigenvalue weighted by Crippen LogP contribution is 2.34. The molecule has 0 saturated carbocycles. The molecule has 0 spiro atoms. The van der Waals surface area contributed by atoms with E-state index in [0.717, 1.165) is 43.6 Å². The second-order valence-corrected chi connectivity index (χ2v) is 12.9. The number of hydrogen-bond acceptors (Lipinski definition) is 6. The predicted molar refractivity (Wildman–Crippen MR) is 140 cm³/mol. The number of carbonyl (C=O) groups is 1. The molecule has 2 saturated heterocycles. The lowest BCUT2D eigenvalue weighted by Gasteiger charge is -2.36. The number of aromatic nitrogens is 1. The van der Waals surface area contributed by atoms with Crippen LogP contribution in [0.25, 0.3) is 0 Å². The number of likely N-dealkylation sites (tertiary alicyclic amines) is 1. The molecule has 184 valence electrons. The average molecular weight is 551 g/mol. The summed E-state index contributed by atoms with van der Waals surface area (Å²) in [4.78, 5) is 21.7. The Hall–Kier alpha value is -1.97. The van der Waals surface area contributed by atoms with Gasteiger partial charge < -0.3 is 4.90 Å². The molecule has 0 N–H and O–H groups in total. The number of halogens is 2. The summed E-state index contributed by atoms with van der Waals surface area (Å²) >= 11 is 13.8. The zero-order valence-corrected chi connectivity index (χ0v) is 22.1. The van der Waals surface area contributed by atoms with Crippen molar-refractivity contribution in [2.75, 3.05) is 24.5 Å². The predicted octanol–water partition coefficient (Wildman–Crippen LogP) is 5.41. The highest BCUT2D eigenvalue weighted by molar-refractivity contribution is 7.90. The van der Waals surface area contributed by atoms with Gasteiger partial charge in [0.15, 0.2) is 9.84 Å². The van der Waals surface area contributed by atoms with Gasteiger partial charge in [0.05, 0.1) is 10.9 Å². The molecule has 3 aromatic rings. The second-order valence-electron chi connectivity index (χ2n) is 9.01. The Kier molecular flexibility index (Phi) is 7.19. The Morgan fingerprint density at radius 2 is 1.77 bits per heavy atom. The van der Waals surface area contributed by atoms with Gasteiger partial charge in [-0.15, -0.1) is 11.3 Å². The van der Waals surface area contributed by atoms with Gasteiger partial charge in [0.2, 0.25) is 5.91 Å². The average Bonchev–Trinajstić information content (AvgIpc) is 3.48. The van der Waals surface area contributed by atoms with Gasteiger partial charge in [-0.3, -0.25) is 9.69 Å². The summed E-state index contributed by atoms with van der Waals surface area (Å²) in [5, 5.41) is 3.58. The summed E-state index contributed by atoms with van der Waals surface area (Å²) in [5.41, 5.74) is 1.84. The van der Waals surface area contributed by atoms with E-state index in [9.17, 15) is 13.2 Å². The first-order valence-corrected chi connectivity index (χ1v) is 14.8. The largest absolute Gasteiger partial charge is 0.311 e. The van der Waals surface area contributed by atoms with Gasteiger partial charge in [-0.1, -0.05) is 23.2 Å². The Balaban J connectivity index is 1.27. The van der Waals surface area contributed by atoms with Gasteiger partial charge in [-0.2, -0.15) is 0 Å². The number of sulfone groups is 1. The van der Waals surface area contributed by atoms with E-state index in [4.69, 9.17) is 23.2 Å². The summed E-state index contributed by atoms with van der Waals surface area (Å²) in [5.74, 6) is 0.222. The Labute approximate surface area is 219 Å². The number of benzene rings is 2. The Bertz CT molecular complexity index is 1290. The molecule has 2 atom stereocenters. The van der Waals surface area contributed by atoms with Crippen molar-refractivity contribution in [3.05, 3.63) is 74.7 Å². The van der Waals surface area contributed by atoms with E-state index in [0.29, 0.717) is 21.6 Å². The molecule has 2 aliphatic rings. The molecule has 2 aromatic carbocycles. The Morgan fingerprint density at radius 1 is 1.03 bits per heavy atom. The monoisotopic (exact) mass is 549 g/mol. The first kappa shape index (κ1) is 24.7. The fraction of sp³-hybridized carbons (Fsp3) is 0.360. The number of carbonyl (C=O) groups excluding carboxylic acids is 1. The number of hydrogen-bond donors (Lipinski definition) is 0. The lowest BCUT2D eigenvalue weighted by Crippen LogP contribution is -2.46. The van der Waals surface area contributed by atoms with Crippen LogP contribution in [0.5, 0.6) is 0 Å². The van der Waals surface area contributed by atoms with Crippen LogP contribution in [0.3, 0.4) is 0 Å². The number of nitrogens with zero attached hydrogens (tertiary/aromatic N) is 3. The highest BCUT2D eigenvalue weighted by Gasteiger charge is 2.38.